The van der Waals surface area contributed by atoms with Crippen molar-refractivity contribution in [1.29, 1.82) is 0 Å². The minimum Gasteiger partial charge on any atom is -0.315 e. The van der Waals surface area contributed by atoms with Gasteiger partial charge in [0.05, 0.1) is 4.34 Å². The lowest BCUT2D eigenvalue weighted by atomic mass is 10.2. The van der Waals surface area contributed by atoms with Gasteiger partial charge >= 0.3 is 0 Å². The van der Waals surface area contributed by atoms with Gasteiger partial charge in [-0.25, -0.2) is 8.42 Å². The first-order valence-electron chi connectivity index (χ1n) is 7.19. The smallest absolute Gasteiger partial charge is 0.252 e. The van der Waals surface area contributed by atoms with Crippen molar-refractivity contribution in [2.75, 3.05) is 39.3 Å². The fraction of sp³-hybridized carbons (Fsp3) is 0.692. The van der Waals surface area contributed by atoms with Crippen molar-refractivity contribution < 1.29 is 8.42 Å². The fourth-order valence-electron chi connectivity index (χ4n) is 2.95. The summed E-state index contributed by atoms with van der Waals surface area (Å²) in [4.78, 5) is 2.40. The van der Waals surface area contributed by atoms with Crippen LogP contribution in [0, 0.1) is 6.92 Å². The number of sulfonamides is 1. The SMILES string of the molecule is Cc1cc(S(=O)(=O)N2CCN(C3CCNC3)CC2)sc1Cl.Cl. The van der Waals surface area contributed by atoms with Gasteiger partial charge in [0, 0.05) is 38.8 Å². The molecule has 3 rings (SSSR count). The summed E-state index contributed by atoms with van der Waals surface area (Å²) >= 11 is 7.16. The monoisotopic (exact) mass is 385 g/mol. The second-order valence-electron chi connectivity index (χ2n) is 5.61. The molecular weight excluding hydrogens is 365 g/mol. The topological polar surface area (TPSA) is 52.7 Å². The van der Waals surface area contributed by atoms with Crippen LogP contribution in [0.15, 0.2) is 10.3 Å². The molecule has 2 aliphatic heterocycles. The van der Waals surface area contributed by atoms with Crippen LogP contribution in [0.25, 0.3) is 0 Å². The van der Waals surface area contributed by atoms with E-state index in [2.05, 4.69) is 10.2 Å². The third-order valence-electron chi connectivity index (χ3n) is 4.25. The molecule has 2 aliphatic rings. The van der Waals surface area contributed by atoms with Crippen molar-refractivity contribution in [1.82, 2.24) is 14.5 Å². The predicted octanol–water partition coefficient (Wildman–Crippen LogP) is 1.80. The Morgan fingerprint density at radius 1 is 1.32 bits per heavy atom. The standard InChI is InChI=1S/C13H20ClN3O2S2.ClH/c1-10-8-12(20-13(10)14)21(18,19)17-6-4-16(5-7-17)11-2-3-15-9-11;/h8,11,15H,2-7,9H2,1H3;1H. The summed E-state index contributed by atoms with van der Waals surface area (Å²) in [5.41, 5.74) is 0.830. The van der Waals surface area contributed by atoms with Crippen molar-refractivity contribution in [3.63, 3.8) is 0 Å². The van der Waals surface area contributed by atoms with Gasteiger partial charge in [0.15, 0.2) is 0 Å². The molecule has 3 heterocycles. The highest BCUT2D eigenvalue weighted by Gasteiger charge is 2.32. The molecule has 1 atom stereocenters. The summed E-state index contributed by atoms with van der Waals surface area (Å²) in [7, 11) is -3.39. The van der Waals surface area contributed by atoms with E-state index in [0.717, 1.165) is 49.5 Å². The number of nitrogens with one attached hydrogen (secondary N) is 1. The largest absolute Gasteiger partial charge is 0.315 e. The Labute approximate surface area is 147 Å². The maximum atomic E-state index is 12.6. The van der Waals surface area contributed by atoms with Crippen molar-refractivity contribution >= 4 is 45.4 Å². The lowest BCUT2D eigenvalue weighted by Crippen LogP contribution is -2.52. The third-order valence-corrected chi connectivity index (χ3v) is 8.16. The zero-order valence-corrected chi connectivity index (χ0v) is 15.6. The number of hydrogen-bond donors (Lipinski definition) is 1. The average Bonchev–Trinajstić information content (AvgIpc) is 3.10. The third kappa shape index (κ3) is 3.61. The summed E-state index contributed by atoms with van der Waals surface area (Å²) in [5.74, 6) is 0. The number of piperazine rings is 1. The molecule has 2 saturated heterocycles. The molecule has 9 heteroatoms. The van der Waals surface area contributed by atoms with E-state index in [1.807, 2.05) is 6.92 Å². The van der Waals surface area contributed by atoms with E-state index in [1.54, 1.807) is 10.4 Å². The molecule has 0 saturated carbocycles. The van der Waals surface area contributed by atoms with Crippen LogP contribution in [0.5, 0.6) is 0 Å². The Morgan fingerprint density at radius 2 is 2.00 bits per heavy atom. The fourth-order valence-corrected chi connectivity index (χ4v) is 6.23. The van der Waals surface area contributed by atoms with E-state index in [9.17, 15) is 8.42 Å². The summed E-state index contributed by atoms with van der Waals surface area (Å²) in [6.45, 7) is 6.67. The lowest BCUT2D eigenvalue weighted by Gasteiger charge is -2.36. The van der Waals surface area contributed by atoms with Crippen LogP contribution in [-0.4, -0.2) is 62.9 Å². The van der Waals surface area contributed by atoms with Crippen molar-refractivity contribution in [3.05, 3.63) is 16.0 Å². The van der Waals surface area contributed by atoms with E-state index in [4.69, 9.17) is 11.6 Å². The molecule has 1 aromatic heterocycles. The molecule has 0 spiro atoms. The summed E-state index contributed by atoms with van der Waals surface area (Å²) in [6.07, 6.45) is 1.16. The normalized spacial score (nSPS) is 24.4. The van der Waals surface area contributed by atoms with Gasteiger partial charge < -0.3 is 5.32 Å². The zero-order chi connectivity index (χ0) is 15.0. The Kier molecular flexibility index (Phi) is 6.15. The van der Waals surface area contributed by atoms with Gasteiger partial charge in [-0.1, -0.05) is 11.6 Å². The van der Waals surface area contributed by atoms with Crippen molar-refractivity contribution in [2.24, 2.45) is 0 Å². The van der Waals surface area contributed by atoms with E-state index in [-0.39, 0.29) is 12.4 Å². The maximum absolute atomic E-state index is 12.6. The molecular formula is C13H21Cl2N3O2S2. The Morgan fingerprint density at radius 3 is 2.50 bits per heavy atom. The molecule has 0 aromatic carbocycles. The number of aryl methyl sites for hydroxylation is 1. The highest BCUT2D eigenvalue weighted by atomic mass is 35.5. The van der Waals surface area contributed by atoms with Crippen molar-refractivity contribution in [3.8, 4) is 0 Å². The lowest BCUT2D eigenvalue weighted by molar-refractivity contribution is 0.145. The minimum atomic E-state index is -3.39. The van der Waals surface area contributed by atoms with Crippen LogP contribution in [0.3, 0.4) is 0 Å². The van der Waals surface area contributed by atoms with Crippen LogP contribution in [0.4, 0.5) is 0 Å². The Hall–Kier alpha value is 0.110. The van der Waals surface area contributed by atoms with E-state index in [1.165, 1.54) is 0 Å². The number of rotatable bonds is 3. The van der Waals surface area contributed by atoms with Gasteiger partial charge in [0.2, 0.25) is 0 Å². The van der Waals surface area contributed by atoms with E-state index >= 15 is 0 Å². The molecule has 1 unspecified atom stereocenters. The van der Waals surface area contributed by atoms with Crippen LogP contribution in [0.2, 0.25) is 4.34 Å². The second-order valence-corrected chi connectivity index (χ2v) is 9.43. The molecule has 0 amide bonds. The molecule has 5 nitrogen and oxygen atoms in total. The molecule has 0 radical (unpaired) electrons. The minimum absolute atomic E-state index is 0. The average molecular weight is 386 g/mol. The molecule has 22 heavy (non-hydrogen) atoms. The molecule has 1 N–H and O–H groups in total. The quantitative estimate of drug-likeness (QED) is 0.861. The van der Waals surface area contributed by atoms with Gasteiger partial charge in [0.1, 0.15) is 4.21 Å². The number of halogens is 2. The van der Waals surface area contributed by atoms with Gasteiger partial charge in [-0.2, -0.15) is 4.31 Å². The van der Waals surface area contributed by atoms with Gasteiger partial charge in [-0.3, -0.25) is 4.90 Å². The van der Waals surface area contributed by atoms with Crippen LogP contribution < -0.4 is 5.32 Å². The van der Waals surface area contributed by atoms with Gasteiger partial charge in [-0.15, -0.1) is 23.7 Å². The van der Waals surface area contributed by atoms with Crippen LogP contribution in [-0.2, 0) is 10.0 Å². The first-order valence-corrected chi connectivity index (χ1v) is 9.83. The maximum Gasteiger partial charge on any atom is 0.252 e. The molecule has 0 bridgehead atoms. The highest BCUT2D eigenvalue weighted by molar-refractivity contribution is 7.91. The molecule has 1 aromatic rings. The van der Waals surface area contributed by atoms with Crippen LogP contribution >= 0.6 is 35.3 Å². The number of thiophene rings is 1. The first kappa shape index (κ1) is 18.4. The van der Waals surface area contributed by atoms with E-state index in [0.29, 0.717) is 27.7 Å². The predicted molar refractivity (Wildman–Crippen MR) is 92.9 cm³/mol. The molecule has 126 valence electrons. The first-order chi connectivity index (χ1) is 9.98. The number of hydrogen-bond acceptors (Lipinski definition) is 5. The second kappa shape index (κ2) is 7.34. The summed E-state index contributed by atoms with van der Waals surface area (Å²) in [6, 6.07) is 2.24. The summed E-state index contributed by atoms with van der Waals surface area (Å²) < 4.78 is 27.8. The summed E-state index contributed by atoms with van der Waals surface area (Å²) in [5, 5.41) is 3.36. The van der Waals surface area contributed by atoms with Crippen molar-refractivity contribution in [2.45, 2.75) is 23.6 Å². The Balaban J connectivity index is 0.00000176. The van der Waals surface area contributed by atoms with Gasteiger partial charge in [0.25, 0.3) is 10.0 Å². The Bertz CT molecular complexity index is 587. The zero-order valence-electron chi connectivity index (χ0n) is 12.4. The molecule has 2 fully saturated rings. The van der Waals surface area contributed by atoms with Gasteiger partial charge in [-0.05, 0) is 31.5 Å². The number of nitrogens with zero attached hydrogens (tertiary/aromatic N) is 2. The van der Waals surface area contributed by atoms with Crippen LogP contribution in [0.1, 0.15) is 12.0 Å². The highest BCUT2D eigenvalue weighted by Crippen LogP contribution is 2.32. The van der Waals surface area contributed by atoms with E-state index < -0.39 is 10.0 Å². The molecule has 0 aliphatic carbocycles.